The Hall–Kier alpha value is -3.20. The predicted molar refractivity (Wildman–Crippen MR) is 127 cm³/mol. The summed E-state index contributed by atoms with van der Waals surface area (Å²) in [5, 5.41) is 5.65. The third-order valence-corrected chi connectivity index (χ3v) is 8.11. The Labute approximate surface area is 192 Å². The van der Waals surface area contributed by atoms with Crippen molar-refractivity contribution in [2.24, 2.45) is 0 Å². The van der Waals surface area contributed by atoms with E-state index in [1.54, 1.807) is 19.1 Å². The fraction of sp³-hybridized carbons (Fsp3) is 0.240. The van der Waals surface area contributed by atoms with Crippen LogP contribution in [0.25, 0.3) is 21.7 Å². The third-order valence-electron chi connectivity index (χ3n) is 6.07. The highest BCUT2D eigenvalue weighted by Crippen LogP contribution is 2.32. The molecule has 3 aromatic carbocycles. The quantitative estimate of drug-likeness (QED) is 0.481. The number of ether oxygens (including phenoxy) is 1. The number of benzene rings is 3. The van der Waals surface area contributed by atoms with Gasteiger partial charge in [0.25, 0.3) is 5.91 Å². The molecule has 170 valence electrons. The van der Waals surface area contributed by atoms with Crippen LogP contribution >= 0.6 is 0 Å². The second-order valence-electron chi connectivity index (χ2n) is 8.17. The summed E-state index contributed by atoms with van der Waals surface area (Å²) in [6.45, 7) is 4.95. The van der Waals surface area contributed by atoms with Crippen LogP contribution in [0.2, 0.25) is 0 Å². The third kappa shape index (κ3) is 3.80. The van der Waals surface area contributed by atoms with E-state index in [1.807, 2.05) is 43.3 Å². The molecule has 0 saturated carbocycles. The zero-order valence-electron chi connectivity index (χ0n) is 18.4. The minimum absolute atomic E-state index is 0.175. The van der Waals surface area contributed by atoms with Crippen molar-refractivity contribution in [3.8, 4) is 0 Å². The maximum Gasteiger partial charge on any atom is 0.291 e. The van der Waals surface area contributed by atoms with Gasteiger partial charge in [-0.15, -0.1) is 0 Å². The Morgan fingerprint density at radius 3 is 2.52 bits per heavy atom. The molecule has 0 unspecified atom stereocenters. The lowest BCUT2D eigenvalue weighted by Crippen LogP contribution is -2.40. The number of carbonyl (C=O) groups excluding carboxylic acids is 1. The Morgan fingerprint density at radius 1 is 0.970 bits per heavy atom. The molecule has 8 heteroatoms. The summed E-state index contributed by atoms with van der Waals surface area (Å²) in [6.07, 6.45) is 0. The number of rotatable bonds is 4. The minimum Gasteiger partial charge on any atom is -0.450 e. The highest BCUT2D eigenvalue weighted by Gasteiger charge is 2.28. The van der Waals surface area contributed by atoms with Crippen LogP contribution in [-0.2, 0) is 14.8 Å². The molecule has 1 fully saturated rings. The minimum atomic E-state index is -3.69. The van der Waals surface area contributed by atoms with Gasteiger partial charge in [0, 0.05) is 35.1 Å². The molecule has 0 aliphatic carbocycles. The second-order valence-corrected chi connectivity index (χ2v) is 10.1. The lowest BCUT2D eigenvalue weighted by atomic mass is 10.1. The maximum absolute atomic E-state index is 13.2. The number of amides is 1. The number of carbonyl (C=O) groups is 1. The van der Waals surface area contributed by atoms with Crippen molar-refractivity contribution in [2.75, 3.05) is 31.6 Å². The summed E-state index contributed by atoms with van der Waals surface area (Å²) in [5.74, 6) is -0.217. The molecular formula is C25H24N2O5S. The number of aryl methyl sites for hydroxylation is 2. The largest absolute Gasteiger partial charge is 0.450 e. The normalized spacial score (nSPS) is 15.2. The molecule has 5 rings (SSSR count). The van der Waals surface area contributed by atoms with Crippen molar-refractivity contribution < 1.29 is 22.4 Å². The first-order valence-corrected chi connectivity index (χ1v) is 12.2. The van der Waals surface area contributed by atoms with Crippen LogP contribution in [0.1, 0.15) is 21.7 Å². The molecule has 1 saturated heterocycles. The molecule has 1 aliphatic rings. The molecule has 7 nitrogen and oxygen atoms in total. The van der Waals surface area contributed by atoms with Crippen molar-refractivity contribution in [1.82, 2.24) is 4.31 Å². The van der Waals surface area contributed by atoms with E-state index in [9.17, 15) is 13.2 Å². The number of fused-ring (bicyclic) bond motifs is 3. The fourth-order valence-electron chi connectivity index (χ4n) is 4.24. The van der Waals surface area contributed by atoms with Crippen molar-refractivity contribution >= 4 is 43.4 Å². The summed E-state index contributed by atoms with van der Waals surface area (Å²) in [6, 6.07) is 16.7. The van der Waals surface area contributed by atoms with Crippen LogP contribution in [0.5, 0.6) is 0 Å². The topological polar surface area (TPSA) is 88.8 Å². The smallest absolute Gasteiger partial charge is 0.291 e. The van der Waals surface area contributed by atoms with Gasteiger partial charge in [0.15, 0.2) is 5.76 Å². The first kappa shape index (κ1) is 21.6. The van der Waals surface area contributed by atoms with Gasteiger partial charge in [-0.2, -0.15) is 4.31 Å². The highest BCUT2D eigenvalue weighted by atomic mass is 32.2. The van der Waals surface area contributed by atoms with Crippen LogP contribution in [0, 0.1) is 13.8 Å². The summed E-state index contributed by atoms with van der Waals surface area (Å²) < 4.78 is 39.0. The zero-order valence-corrected chi connectivity index (χ0v) is 19.2. The van der Waals surface area contributed by atoms with E-state index in [0.717, 1.165) is 21.7 Å². The van der Waals surface area contributed by atoms with Gasteiger partial charge in [-0.1, -0.05) is 42.5 Å². The lowest BCUT2D eigenvalue weighted by Gasteiger charge is -2.26. The van der Waals surface area contributed by atoms with E-state index < -0.39 is 15.9 Å². The predicted octanol–water partition coefficient (Wildman–Crippen LogP) is 4.48. The van der Waals surface area contributed by atoms with Crippen LogP contribution in [0.15, 0.2) is 63.9 Å². The molecule has 1 amide bonds. The number of nitrogens with zero attached hydrogens (tertiary/aromatic N) is 1. The lowest BCUT2D eigenvalue weighted by molar-refractivity contribution is 0.0730. The molecule has 1 aromatic heterocycles. The number of nitrogens with one attached hydrogen (secondary N) is 1. The van der Waals surface area contributed by atoms with Gasteiger partial charge in [-0.05, 0) is 36.9 Å². The zero-order chi connectivity index (χ0) is 23.2. The summed E-state index contributed by atoms with van der Waals surface area (Å²) in [5.41, 5.74) is 2.41. The van der Waals surface area contributed by atoms with Gasteiger partial charge in [0.1, 0.15) is 5.58 Å². The molecule has 4 aromatic rings. The van der Waals surface area contributed by atoms with Gasteiger partial charge in [0.2, 0.25) is 10.0 Å². The first-order valence-electron chi connectivity index (χ1n) is 10.8. The molecule has 0 bridgehead atoms. The van der Waals surface area contributed by atoms with E-state index in [-0.39, 0.29) is 10.7 Å². The molecule has 2 heterocycles. The molecule has 33 heavy (non-hydrogen) atoms. The van der Waals surface area contributed by atoms with Crippen molar-refractivity contribution in [3.63, 3.8) is 0 Å². The van der Waals surface area contributed by atoms with Crippen molar-refractivity contribution in [1.29, 1.82) is 0 Å². The van der Waals surface area contributed by atoms with Gasteiger partial charge in [-0.25, -0.2) is 8.42 Å². The van der Waals surface area contributed by atoms with Crippen LogP contribution in [0.4, 0.5) is 5.69 Å². The number of hydrogen-bond acceptors (Lipinski definition) is 5. The monoisotopic (exact) mass is 464 g/mol. The standard InChI is InChI=1S/C25H24N2O5S/c1-16-7-9-19(15-22(16)33(29,30)27-11-13-31-14-12-27)26-25(28)23-17(2)20-10-8-18-5-3-4-6-21(18)24(20)32-23/h3-10,15H,11-14H2,1-2H3,(H,26,28). The van der Waals surface area contributed by atoms with Crippen LogP contribution in [0.3, 0.4) is 0 Å². The van der Waals surface area contributed by atoms with Crippen molar-refractivity contribution in [2.45, 2.75) is 18.7 Å². The van der Waals surface area contributed by atoms with E-state index in [1.165, 1.54) is 10.4 Å². The summed E-state index contributed by atoms with van der Waals surface area (Å²) in [7, 11) is -3.69. The van der Waals surface area contributed by atoms with E-state index in [4.69, 9.17) is 9.15 Å². The number of sulfonamides is 1. The molecule has 1 N–H and O–H groups in total. The van der Waals surface area contributed by atoms with Crippen LogP contribution in [-0.4, -0.2) is 44.9 Å². The van der Waals surface area contributed by atoms with Crippen molar-refractivity contribution in [3.05, 3.63) is 71.5 Å². The molecular weight excluding hydrogens is 440 g/mol. The number of morpholine rings is 1. The molecule has 0 atom stereocenters. The summed E-state index contributed by atoms with van der Waals surface area (Å²) >= 11 is 0. The Morgan fingerprint density at radius 2 is 1.73 bits per heavy atom. The van der Waals surface area contributed by atoms with Gasteiger partial charge >= 0.3 is 0 Å². The Kier molecular flexibility index (Phi) is 5.44. The highest BCUT2D eigenvalue weighted by molar-refractivity contribution is 7.89. The average molecular weight is 465 g/mol. The number of hydrogen-bond donors (Lipinski definition) is 1. The fourth-order valence-corrected chi connectivity index (χ4v) is 5.89. The average Bonchev–Trinajstić information content (AvgIpc) is 3.18. The Bertz CT molecular complexity index is 1480. The molecule has 0 spiro atoms. The molecule has 1 aliphatic heterocycles. The van der Waals surface area contributed by atoms with E-state index in [0.29, 0.717) is 43.1 Å². The number of anilines is 1. The van der Waals surface area contributed by atoms with Gasteiger partial charge in [-0.3, -0.25) is 4.79 Å². The van der Waals surface area contributed by atoms with Gasteiger partial charge < -0.3 is 14.5 Å². The van der Waals surface area contributed by atoms with Crippen LogP contribution < -0.4 is 5.32 Å². The number of furan rings is 1. The second kappa shape index (κ2) is 8.30. The Balaban J connectivity index is 1.48. The van der Waals surface area contributed by atoms with E-state index in [2.05, 4.69) is 5.32 Å². The molecule has 0 radical (unpaired) electrons. The maximum atomic E-state index is 13.2. The first-order chi connectivity index (χ1) is 15.9. The SMILES string of the molecule is Cc1ccc(NC(=O)c2oc3c(ccc4ccccc43)c2C)cc1S(=O)(=O)N1CCOCC1. The summed E-state index contributed by atoms with van der Waals surface area (Å²) in [4.78, 5) is 13.3. The van der Waals surface area contributed by atoms with E-state index >= 15 is 0 Å². The van der Waals surface area contributed by atoms with Gasteiger partial charge in [0.05, 0.1) is 18.1 Å².